The lowest BCUT2D eigenvalue weighted by Gasteiger charge is -2.20. The summed E-state index contributed by atoms with van der Waals surface area (Å²) in [7, 11) is 1.79. The number of anilines is 2. The summed E-state index contributed by atoms with van der Waals surface area (Å²) in [6, 6.07) is 18.6. The van der Waals surface area contributed by atoms with Crippen molar-refractivity contribution in [2.75, 3.05) is 30.4 Å². The predicted molar refractivity (Wildman–Crippen MR) is 124 cm³/mol. The molecule has 160 valence electrons. The number of amides is 2. The first-order valence-electron chi connectivity index (χ1n) is 10.5. The Labute approximate surface area is 179 Å². The average molecular weight is 409 g/mol. The molecule has 1 atom stereocenters. The van der Waals surface area contributed by atoms with Crippen molar-refractivity contribution >= 4 is 23.4 Å². The van der Waals surface area contributed by atoms with Crippen molar-refractivity contribution in [2.24, 2.45) is 4.99 Å². The van der Waals surface area contributed by atoms with E-state index in [1.54, 1.807) is 7.05 Å². The molecular weight excluding hydrogens is 376 g/mol. The van der Waals surface area contributed by atoms with Crippen LogP contribution < -0.4 is 26.2 Å². The summed E-state index contributed by atoms with van der Waals surface area (Å²) < 4.78 is 0. The van der Waals surface area contributed by atoms with Gasteiger partial charge in [0.15, 0.2) is 5.96 Å². The third kappa shape index (κ3) is 6.40. The first-order chi connectivity index (χ1) is 14.5. The number of carbonyl (C=O) groups excluding carboxylic acids is 1. The Kier molecular flexibility index (Phi) is 7.54. The Balaban J connectivity index is 1.45. The Bertz CT molecular complexity index is 835. The van der Waals surface area contributed by atoms with Crippen molar-refractivity contribution in [3.05, 3.63) is 60.2 Å². The van der Waals surface area contributed by atoms with Gasteiger partial charge in [0.05, 0.1) is 0 Å². The van der Waals surface area contributed by atoms with E-state index >= 15 is 0 Å². The Morgan fingerprint density at radius 1 is 1.13 bits per heavy atom. The lowest BCUT2D eigenvalue weighted by Crippen LogP contribution is -2.44. The molecule has 2 aromatic carbocycles. The van der Waals surface area contributed by atoms with Gasteiger partial charge >= 0.3 is 6.03 Å². The van der Waals surface area contributed by atoms with Gasteiger partial charge in [-0.15, -0.1) is 0 Å². The number of hydrogen-bond acceptors (Lipinski definition) is 3. The molecule has 1 saturated heterocycles. The van der Waals surface area contributed by atoms with E-state index in [4.69, 9.17) is 0 Å². The van der Waals surface area contributed by atoms with E-state index in [2.05, 4.69) is 55.4 Å². The lowest BCUT2D eigenvalue weighted by molar-refractivity contribution is 0.250. The van der Waals surface area contributed by atoms with Gasteiger partial charge in [-0.3, -0.25) is 4.99 Å². The standard InChI is InChI=1S/C23H32N6O/c1-17(2)26-23(30)28-19-11-9-18(10-12-19)15-25-22(24-3)27-20-13-14-29(16-20)21-7-5-4-6-8-21/h4-12,17,20H,13-16H2,1-3H3,(H2,24,25,27)(H2,26,28,30). The molecule has 1 aliphatic rings. The zero-order chi connectivity index (χ0) is 21.3. The molecule has 0 spiro atoms. The SMILES string of the molecule is CN=C(NCc1ccc(NC(=O)NC(C)C)cc1)NC1CCN(c2ccccc2)C1. The van der Waals surface area contributed by atoms with Gasteiger partial charge in [-0.25, -0.2) is 4.79 Å². The largest absolute Gasteiger partial charge is 0.369 e. The molecule has 0 aliphatic carbocycles. The smallest absolute Gasteiger partial charge is 0.319 e. The second kappa shape index (κ2) is 10.5. The number of nitrogens with zero attached hydrogens (tertiary/aromatic N) is 2. The molecule has 7 nitrogen and oxygen atoms in total. The second-order valence-electron chi connectivity index (χ2n) is 7.79. The van der Waals surface area contributed by atoms with Crippen LogP contribution in [0.3, 0.4) is 0 Å². The van der Waals surface area contributed by atoms with Crippen LogP contribution in [0.1, 0.15) is 25.8 Å². The number of guanidine groups is 1. The van der Waals surface area contributed by atoms with Crippen LogP contribution in [0.25, 0.3) is 0 Å². The van der Waals surface area contributed by atoms with Crippen molar-refractivity contribution in [3.63, 3.8) is 0 Å². The van der Waals surface area contributed by atoms with E-state index < -0.39 is 0 Å². The van der Waals surface area contributed by atoms with E-state index in [-0.39, 0.29) is 12.1 Å². The maximum absolute atomic E-state index is 11.8. The average Bonchev–Trinajstić information content (AvgIpc) is 3.21. The lowest BCUT2D eigenvalue weighted by atomic mass is 10.2. The van der Waals surface area contributed by atoms with Gasteiger partial charge in [0.2, 0.25) is 0 Å². The summed E-state index contributed by atoms with van der Waals surface area (Å²) in [5, 5.41) is 12.5. The Hall–Kier alpha value is -3.22. The fourth-order valence-corrected chi connectivity index (χ4v) is 3.46. The number of aliphatic imine (C=N–C) groups is 1. The maximum atomic E-state index is 11.8. The van der Waals surface area contributed by atoms with Gasteiger partial charge < -0.3 is 26.2 Å². The van der Waals surface area contributed by atoms with Gasteiger partial charge in [0, 0.05) is 50.1 Å². The molecule has 30 heavy (non-hydrogen) atoms. The molecule has 0 bridgehead atoms. The number of para-hydroxylation sites is 1. The van der Waals surface area contributed by atoms with Crippen LogP contribution in [0.4, 0.5) is 16.2 Å². The molecule has 4 N–H and O–H groups in total. The van der Waals surface area contributed by atoms with Crippen LogP contribution >= 0.6 is 0 Å². The molecule has 0 saturated carbocycles. The molecule has 0 aromatic heterocycles. The summed E-state index contributed by atoms with van der Waals surface area (Å²) >= 11 is 0. The topological polar surface area (TPSA) is 80.8 Å². The van der Waals surface area contributed by atoms with E-state index in [9.17, 15) is 4.79 Å². The van der Waals surface area contributed by atoms with Crippen molar-refractivity contribution in [3.8, 4) is 0 Å². The molecule has 0 radical (unpaired) electrons. The van der Waals surface area contributed by atoms with Crippen LogP contribution in [-0.2, 0) is 6.54 Å². The van der Waals surface area contributed by atoms with Gasteiger partial charge in [0.1, 0.15) is 0 Å². The maximum Gasteiger partial charge on any atom is 0.319 e. The van der Waals surface area contributed by atoms with Crippen LogP contribution in [0.15, 0.2) is 59.6 Å². The van der Waals surface area contributed by atoms with Crippen LogP contribution in [0.5, 0.6) is 0 Å². The number of nitrogens with one attached hydrogen (secondary N) is 4. The summed E-state index contributed by atoms with van der Waals surface area (Å²) in [4.78, 5) is 18.5. The molecule has 1 heterocycles. The van der Waals surface area contributed by atoms with Crippen molar-refractivity contribution in [1.82, 2.24) is 16.0 Å². The molecular formula is C23H32N6O. The molecule has 1 unspecified atom stereocenters. The van der Waals surface area contributed by atoms with E-state index in [0.29, 0.717) is 12.6 Å². The first-order valence-corrected chi connectivity index (χ1v) is 10.5. The van der Waals surface area contributed by atoms with Crippen LogP contribution in [0.2, 0.25) is 0 Å². The highest BCUT2D eigenvalue weighted by Crippen LogP contribution is 2.19. The minimum Gasteiger partial charge on any atom is -0.369 e. The van der Waals surface area contributed by atoms with Gasteiger partial charge in [0.25, 0.3) is 0 Å². The zero-order valence-electron chi connectivity index (χ0n) is 18.0. The minimum atomic E-state index is -0.193. The van der Waals surface area contributed by atoms with Gasteiger partial charge in [-0.05, 0) is 50.1 Å². The Morgan fingerprint density at radius 3 is 2.53 bits per heavy atom. The summed E-state index contributed by atoms with van der Waals surface area (Å²) in [6.45, 7) is 6.52. The second-order valence-corrected chi connectivity index (χ2v) is 7.79. The van der Waals surface area contributed by atoms with E-state index in [0.717, 1.165) is 36.7 Å². The first kappa shape index (κ1) is 21.5. The van der Waals surface area contributed by atoms with Gasteiger partial charge in [-0.2, -0.15) is 0 Å². The molecule has 7 heteroatoms. The number of benzene rings is 2. The van der Waals surface area contributed by atoms with Crippen molar-refractivity contribution in [1.29, 1.82) is 0 Å². The summed E-state index contributed by atoms with van der Waals surface area (Å²) in [5.74, 6) is 0.799. The highest BCUT2D eigenvalue weighted by Gasteiger charge is 2.23. The van der Waals surface area contributed by atoms with E-state index in [1.165, 1.54) is 5.69 Å². The van der Waals surface area contributed by atoms with Crippen molar-refractivity contribution < 1.29 is 4.79 Å². The number of urea groups is 1. The minimum absolute atomic E-state index is 0.104. The van der Waals surface area contributed by atoms with Crippen LogP contribution in [-0.4, -0.2) is 44.2 Å². The van der Waals surface area contributed by atoms with E-state index in [1.807, 2.05) is 44.2 Å². The summed E-state index contributed by atoms with van der Waals surface area (Å²) in [6.07, 6.45) is 1.08. The van der Waals surface area contributed by atoms with Crippen molar-refractivity contribution in [2.45, 2.75) is 38.9 Å². The molecule has 2 aromatic rings. The van der Waals surface area contributed by atoms with Gasteiger partial charge in [-0.1, -0.05) is 30.3 Å². The number of rotatable bonds is 6. The molecule has 1 aliphatic heterocycles. The molecule has 2 amide bonds. The predicted octanol–water partition coefficient (Wildman–Crippen LogP) is 3.16. The number of hydrogen-bond donors (Lipinski definition) is 4. The quantitative estimate of drug-likeness (QED) is 0.437. The molecule has 3 rings (SSSR count). The highest BCUT2D eigenvalue weighted by atomic mass is 16.2. The molecule has 1 fully saturated rings. The summed E-state index contributed by atoms with van der Waals surface area (Å²) in [5.41, 5.74) is 3.15. The number of carbonyl (C=O) groups is 1. The highest BCUT2D eigenvalue weighted by molar-refractivity contribution is 5.89. The zero-order valence-corrected chi connectivity index (χ0v) is 18.0. The third-order valence-electron chi connectivity index (χ3n) is 4.97. The fraction of sp³-hybridized carbons (Fsp3) is 0.391. The Morgan fingerprint density at radius 2 is 1.87 bits per heavy atom. The van der Waals surface area contributed by atoms with Crippen LogP contribution in [0, 0.1) is 0 Å². The monoisotopic (exact) mass is 408 g/mol. The fourth-order valence-electron chi connectivity index (χ4n) is 3.46. The third-order valence-corrected chi connectivity index (χ3v) is 4.97. The normalized spacial score (nSPS) is 16.5.